The predicted octanol–water partition coefficient (Wildman–Crippen LogP) is 5.33. The first-order chi connectivity index (χ1) is 13.6. The zero-order chi connectivity index (χ0) is 19.9. The number of ether oxygens (including phenoxy) is 3. The topological polar surface area (TPSA) is 65.0 Å². The van der Waals surface area contributed by atoms with Crippen LogP contribution in [0, 0.1) is 0 Å². The number of hydrazone groups is 1. The third kappa shape index (κ3) is 4.74. The van der Waals surface area contributed by atoms with E-state index >= 15 is 0 Å². The van der Waals surface area contributed by atoms with Crippen LogP contribution in [0.5, 0.6) is 17.2 Å². The lowest BCUT2D eigenvalue weighted by Gasteiger charge is -2.14. The van der Waals surface area contributed by atoms with Gasteiger partial charge in [-0.1, -0.05) is 23.7 Å². The van der Waals surface area contributed by atoms with Crippen molar-refractivity contribution in [2.75, 3.05) is 26.3 Å². The summed E-state index contributed by atoms with van der Waals surface area (Å²) in [6.45, 7) is 2.42. The smallest absolute Gasteiger partial charge is 0.203 e. The maximum absolute atomic E-state index is 5.93. The molecular formula is C20H20ClN3O3S. The number of hydrogen-bond donors (Lipinski definition) is 1. The molecular weight excluding hydrogens is 398 g/mol. The Hall–Kier alpha value is -2.77. The lowest BCUT2D eigenvalue weighted by Crippen LogP contribution is -2.00. The van der Waals surface area contributed by atoms with Gasteiger partial charge in [0.15, 0.2) is 11.5 Å². The Morgan fingerprint density at radius 1 is 1.14 bits per heavy atom. The van der Waals surface area contributed by atoms with Crippen LogP contribution < -0.4 is 19.6 Å². The second kappa shape index (κ2) is 9.43. The van der Waals surface area contributed by atoms with Crippen molar-refractivity contribution >= 4 is 34.3 Å². The van der Waals surface area contributed by atoms with Gasteiger partial charge in [0, 0.05) is 21.5 Å². The molecule has 0 spiro atoms. The summed E-state index contributed by atoms with van der Waals surface area (Å²) in [6, 6.07) is 11.2. The van der Waals surface area contributed by atoms with E-state index in [1.54, 1.807) is 20.4 Å². The molecule has 6 nitrogen and oxygen atoms in total. The zero-order valence-corrected chi connectivity index (χ0v) is 17.3. The Morgan fingerprint density at radius 3 is 2.43 bits per heavy atom. The summed E-state index contributed by atoms with van der Waals surface area (Å²) in [5.74, 6) is 1.74. The Morgan fingerprint density at radius 2 is 1.82 bits per heavy atom. The Bertz CT molecular complexity index is 933. The Labute approximate surface area is 172 Å². The lowest BCUT2D eigenvalue weighted by atomic mass is 10.2. The SMILES string of the molecule is CCOc1c(OC)cc(/C=N\Nc2nc(-c3ccc(Cl)cc3)cs2)cc1OC. The van der Waals surface area contributed by atoms with Gasteiger partial charge in [0.25, 0.3) is 0 Å². The van der Waals surface area contributed by atoms with Crippen LogP contribution in [0.3, 0.4) is 0 Å². The van der Waals surface area contributed by atoms with Gasteiger partial charge in [-0.05, 0) is 31.2 Å². The van der Waals surface area contributed by atoms with Gasteiger partial charge in [-0.15, -0.1) is 11.3 Å². The molecule has 0 saturated heterocycles. The van der Waals surface area contributed by atoms with E-state index in [4.69, 9.17) is 25.8 Å². The summed E-state index contributed by atoms with van der Waals surface area (Å²) in [6.07, 6.45) is 1.67. The highest BCUT2D eigenvalue weighted by Gasteiger charge is 2.13. The van der Waals surface area contributed by atoms with Crippen LogP contribution >= 0.6 is 22.9 Å². The summed E-state index contributed by atoms with van der Waals surface area (Å²) in [7, 11) is 3.18. The molecule has 0 fully saturated rings. The number of rotatable bonds is 8. The van der Waals surface area contributed by atoms with Crippen LogP contribution in [0.1, 0.15) is 12.5 Å². The molecule has 0 unspecified atom stereocenters. The summed E-state index contributed by atoms with van der Waals surface area (Å²) in [5, 5.41) is 7.61. The first kappa shape index (κ1) is 20.0. The first-order valence-electron chi connectivity index (χ1n) is 8.54. The van der Waals surface area contributed by atoms with E-state index in [0.717, 1.165) is 16.8 Å². The Balaban J connectivity index is 1.73. The standard InChI is InChI=1S/C20H20ClN3O3S/c1-4-27-19-17(25-2)9-13(10-18(19)26-3)11-22-24-20-23-16(12-28-20)14-5-7-15(21)8-6-14/h5-12H,4H2,1-3H3,(H,23,24)/b22-11-. The van der Waals surface area contributed by atoms with Gasteiger partial charge in [-0.2, -0.15) is 5.10 Å². The number of benzene rings is 2. The van der Waals surface area contributed by atoms with Crippen LogP contribution in [-0.4, -0.2) is 32.0 Å². The normalized spacial score (nSPS) is 10.9. The van der Waals surface area contributed by atoms with Crippen LogP contribution in [0.4, 0.5) is 5.13 Å². The number of nitrogens with one attached hydrogen (secondary N) is 1. The minimum atomic E-state index is 0.516. The third-order valence-electron chi connectivity index (χ3n) is 3.79. The Kier molecular flexibility index (Phi) is 6.73. The number of nitrogens with zero attached hydrogens (tertiary/aromatic N) is 2. The maximum atomic E-state index is 5.93. The van der Waals surface area contributed by atoms with Crippen molar-refractivity contribution in [1.82, 2.24) is 4.98 Å². The van der Waals surface area contributed by atoms with Gasteiger partial charge >= 0.3 is 0 Å². The van der Waals surface area contributed by atoms with E-state index in [1.165, 1.54) is 11.3 Å². The minimum absolute atomic E-state index is 0.516. The fourth-order valence-corrected chi connectivity index (χ4v) is 3.30. The minimum Gasteiger partial charge on any atom is -0.493 e. The van der Waals surface area contributed by atoms with Crippen molar-refractivity contribution in [3.8, 4) is 28.5 Å². The van der Waals surface area contributed by atoms with Gasteiger partial charge in [0.2, 0.25) is 10.9 Å². The molecule has 0 bridgehead atoms. The number of methoxy groups -OCH3 is 2. The summed E-state index contributed by atoms with van der Waals surface area (Å²) < 4.78 is 16.4. The second-order valence-electron chi connectivity index (χ2n) is 5.60. The molecule has 28 heavy (non-hydrogen) atoms. The quantitative estimate of drug-likeness (QED) is 0.396. The molecule has 3 rings (SSSR count). The molecule has 0 aliphatic carbocycles. The second-order valence-corrected chi connectivity index (χ2v) is 6.90. The van der Waals surface area contributed by atoms with Gasteiger partial charge in [0.05, 0.1) is 32.7 Å². The number of anilines is 1. The molecule has 1 heterocycles. The van der Waals surface area contributed by atoms with Crippen LogP contribution in [-0.2, 0) is 0 Å². The van der Waals surface area contributed by atoms with E-state index in [-0.39, 0.29) is 0 Å². The highest BCUT2D eigenvalue weighted by atomic mass is 35.5. The van der Waals surface area contributed by atoms with E-state index in [0.29, 0.717) is 34.0 Å². The van der Waals surface area contributed by atoms with Gasteiger partial charge < -0.3 is 14.2 Å². The highest BCUT2D eigenvalue weighted by molar-refractivity contribution is 7.14. The molecule has 1 N–H and O–H groups in total. The van der Waals surface area contributed by atoms with E-state index in [9.17, 15) is 0 Å². The largest absolute Gasteiger partial charge is 0.493 e. The summed E-state index contributed by atoms with van der Waals surface area (Å²) >= 11 is 7.40. The molecule has 0 saturated carbocycles. The average Bonchev–Trinajstić information content (AvgIpc) is 3.18. The lowest BCUT2D eigenvalue weighted by molar-refractivity contribution is 0.288. The van der Waals surface area contributed by atoms with Crippen molar-refractivity contribution in [2.24, 2.45) is 5.10 Å². The number of aromatic nitrogens is 1. The van der Waals surface area contributed by atoms with Gasteiger partial charge in [0.1, 0.15) is 0 Å². The fraction of sp³-hybridized carbons (Fsp3) is 0.200. The molecule has 0 radical (unpaired) electrons. The van der Waals surface area contributed by atoms with E-state index in [1.807, 2.05) is 48.7 Å². The molecule has 2 aromatic carbocycles. The molecule has 146 valence electrons. The monoisotopic (exact) mass is 417 g/mol. The van der Waals surface area contributed by atoms with Crippen molar-refractivity contribution in [3.63, 3.8) is 0 Å². The van der Waals surface area contributed by atoms with Gasteiger partial charge in [-0.3, -0.25) is 5.43 Å². The van der Waals surface area contributed by atoms with Gasteiger partial charge in [-0.25, -0.2) is 4.98 Å². The van der Waals surface area contributed by atoms with Crippen LogP contribution in [0.2, 0.25) is 5.02 Å². The molecule has 0 atom stereocenters. The van der Waals surface area contributed by atoms with Crippen molar-refractivity contribution in [1.29, 1.82) is 0 Å². The number of hydrogen-bond acceptors (Lipinski definition) is 7. The fourth-order valence-electron chi connectivity index (χ4n) is 2.50. The van der Waals surface area contributed by atoms with E-state index in [2.05, 4.69) is 15.5 Å². The summed E-state index contributed by atoms with van der Waals surface area (Å²) in [4.78, 5) is 4.53. The number of halogens is 1. The molecule has 0 aliphatic heterocycles. The van der Waals surface area contributed by atoms with Crippen LogP contribution in [0.25, 0.3) is 11.3 Å². The number of thiazole rings is 1. The van der Waals surface area contributed by atoms with Crippen molar-refractivity contribution in [3.05, 3.63) is 52.4 Å². The molecule has 8 heteroatoms. The molecule has 3 aromatic rings. The first-order valence-corrected chi connectivity index (χ1v) is 9.79. The molecule has 0 aliphatic rings. The highest BCUT2D eigenvalue weighted by Crippen LogP contribution is 2.38. The zero-order valence-electron chi connectivity index (χ0n) is 15.7. The van der Waals surface area contributed by atoms with E-state index < -0.39 is 0 Å². The summed E-state index contributed by atoms with van der Waals surface area (Å²) in [5.41, 5.74) is 5.62. The molecule has 0 amide bonds. The maximum Gasteiger partial charge on any atom is 0.203 e. The third-order valence-corrected chi connectivity index (χ3v) is 4.79. The molecule has 1 aromatic heterocycles. The predicted molar refractivity (Wildman–Crippen MR) is 114 cm³/mol. The van der Waals surface area contributed by atoms with Crippen molar-refractivity contribution in [2.45, 2.75) is 6.92 Å². The van der Waals surface area contributed by atoms with Crippen LogP contribution in [0.15, 0.2) is 46.9 Å². The average molecular weight is 418 g/mol. The van der Waals surface area contributed by atoms with Crippen molar-refractivity contribution < 1.29 is 14.2 Å².